The van der Waals surface area contributed by atoms with Crippen LogP contribution in [0.25, 0.3) is 32.8 Å². The minimum absolute atomic E-state index is 0.313. The zero-order valence-corrected chi connectivity index (χ0v) is 16.6. The molecule has 0 radical (unpaired) electrons. The molecule has 138 valence electrons. The van der Waals surface area contributed by atoms with E-state index in [1.165, 1.54) is 0 Å². The van der Waals surface area contributed by atoms with Gasteiger partial charge in [-0.25, -0.2) is 0 Å². The van der Waals surface area contributed by atoms with E-state index in [4.69, 9.17) is 20.7 Å². The minimum Gasteiger partial charge on any atom is -0.456 e. The summed E-state index contributed by atoms with van der Waals surface area (Å²) in [6.07, 6.45) is 1.77. The van der Waals surface area contributed by atoms with Crippen molar-refractivity contribution < 1.29 is 14.2 Å². The van der Waals surface area contributed by atoms with Gasteiger partial charge in [-0.05, 0) is 51.4 Å². The van der Waals surface area contributed by atoms with E-state index >= 15 is 0 Å². The van der Waals surface area contributed by atoms with E-state index in [-0.39, 0.29) is 0 Å². The predicted molar refractivity (Wildman–Crippen MR) is 112 cm³/mol. The maximum atomic E-state index is 10.4. The Balaban J connectivity index is 1.88. The number of rotatable bonds is 4. The predicted octanol–water partition coefficient (Wildman–Crippen LogP) is 4.33. The summed E-state index contributed by atoms with van der Waals surface area (Å²) < 4.78 is 12.1. The maximum Gasteiger partial charge on any atom is 0.310 e. The van der Waals surface area contributed by atoms with Crippen LogP contribution in [0.3, 0.4) is 0 Å². The molecule has 0 atom stereocenters. The normalized spacial score (nSPS) is 13.0. The Labute approximate surface area is 163 Å². The topological polar surface area (TPSA) is 55.5 Å². The Morgan fingerprint density at radius 3 is 2.63 bits per heavy atom. The molecule has 0 spiro atoms. The summed E-state index contributed by atoms with van der Waals surface area (Å²) in [7, 11) is 0.313. The molecule has 0 aliphatic carbocycles. The van der Waals surface area contributed by atoms with Gasteiger partial charge in [0.15, 0.2) is 0 Å². The Bertz CT molecular complexity index is 1160. The van der Waals surface area contributed by atoms with Crippen LogP contribution in [0.5, 0.6) is 0 Å². The van der Waals surface area contributed by atoms with Gasteiger partial charge in [0, 0.05) is 39.5 Å². The number of pyridine rings is 1. The number of fused-ring (bicyclic) bond motifs is 4. The number of hydrogen-bond donors (Lipinski definition) is 1. The van der Waals surface area contributed by atoms with Crippen molar-refractivity contribution in [2.24, 2.45) is 0 Å². The van der Waals surface area contributed by atoms with Crippen LogP contribution in [0.1, 0.15) is 27.7 Å². The van der Waals surface area contributed by atoms with E-state index in [0.29, 0.717) is 18.1 Å². The van der Waals surface area contributed by atoms with Gasteiger partial charge in [0.2, 0.25) is 0 Å². The summed E-state index contributed by atoms with van der Waals surface area (Å²) in [5.41, 5.74) is 1.59. The average Bonchev–Trinajstić information content (AvgIpc) is 2.93. The lowest BCUT2D eigenvalue weighted by Crippen LogP contribution is -2.49. The van der Waals surface area contributed by atoms with Crippen molar-refractivity contribution in [3.05, 3.63) is 47.6 Å². The van der Waals surface area contributed by atoms with Crippen LogP contribution in [0, 0.1) is 0 Å². The van der Waals surface area contributed by atoms with Crippen molar-refractivity contribution in [3.63, 3.8) is 0 Å². The molecule has 0 fully saturated rings. The fraction of sp³-hybridized carbons (Fsp3) is 0.286. The second-order valence-electron chi connectivity index (χ2n) is 7.94. The van der Waals surface area contributed by atoms with Crippen molar-refractivity contribution in [2.75, 3.05) is 0 Å². The Morgan fingerprint density at radius 2 is 1.89 bits per heavy atom. The summed E-state index contributed by atoms with van der Waals surface area (Å²) in [5.74, 6) is 0. The highest BCUT2D eigenvalue weighted by Gasteiger charge is 2.36. The van der Waals surface area contributed by atoms with Crippen LogP contribution in [0.4, 0.5) is 0 Å². The molecule has 6 heteroatoms. The first-order valence-electron chi connectivity index (χ1n) is 8.91. The van der Waals surface area contributed by atoms with Gasteiger partial charge in [-0.1, -0.05) is 17.7 Å². The smallest absolute Gasteiger partial charge is 0.310 e. The number of aromatic nitrogens is 1. The van der Waals surface area contributed by atoms with Crippen LogP contribution < -0.4 is 5.46 Å². The monoisotopic (exact) mass is 381 g/mol. The highest BCUT2D eigenvalue weighted by molar-refractivity contribution is 6.54. The molecule has 0 saturated carbocycles. The standard InChI is InChI=1S/C21H21BClNO3/c1-20(2,25)21(3,4)27-22-15-9-13(23)10-18-19(15)14-8-12-6-5-7-24-16(12)11-17(14)26-18/h5-11,22,25H,1-4H3. The average molecular weight is 382 g/mol. The molecule has 4 nitrogen and oxygen atoms in total. The van der Waals surface area contributed by atoms with Crippen LogP contribution >= 0.6 is 11.6 Å². The number of halogens is 1. The molecule has 2 heterocycles. The van der Waals surface area contributed by atoms with E-state index < -0.39 is 11.2 Å². The summed E-state index contributed by atoms with van der Waals surface area (Å²) >= 11 is 6.32. The number of furan rings is 1. The van der Waals surface area contributed by atoms with Crippen LogP contribution in [-0.4, -0.2) is 28.8 Å². The summed E-state index contributed by atoms with van der Waals surface area (Å²) in [4.78, 5) is 4.40. The fourth-order valence-corrected chi connectivity index (χ4v) is 3.30. The Morgan fingerprint density at radius 1 is 1.11 bits per heavy atom. The van der Waals surface area contributed by atoms with E-state index in [0.717, 1.165) is 32.7 Å². The van der Waals surface area contributed by atoms with Crippen molar-refractivity contribution in [1.82, 2.24) is 4.98 Å². The molecule has 4 rings (SSSR count). The fourth-order valence-electron chi connectivity index (χ4n) is 3.07. The number of benzene rings is 2. The van der Waals surface area contributed by atoms with Gasteiger partial charge in [-0.3, -0.25) is 4.98 Å². The van der Waals surface area contributed by atoms with Gasteiger partial charge >= 0.3 is 7.48 Å². The Kier molecular flexibility index (Phi) is 4.22. The third kappa shape index (κ3) is 3.20. The summed E-state index contributed by atoms with van der Waals surface area (Å²) in [5, 5.41) is 14.0. The van der Waals surface area contributed by atoms with Gasteiger partial charge < -0.3 is 14.2 Å². The molecule has 0 unspecified atom stereocenters. The van der Waals surface area contributed by atoms with Gasteiger partial charge in [0.25, 0.3) is 0 Å². The van der Waals surface area contributed by atoms with E-state index in [1.54, 1.807) is 20.0 Å². The molecule has 2 aromatic carbocycles. The molecule has 1 N–H and O–H groups in total. The summed E-state index contributed by atoms with van der Waals surface area (Å²) in [6.45, 7) is 7.24. The molecule has 27 heavy (non-hydrogen) atoms. The molecule has 0 bridgehead atoms. The van der Waals surface area contributed by atoms with Crippen molar-refractivity contribution in [3.8, 4) is 0 Å². The number of nitrogens with zero attached hydrogens (tertiary/aromatic N) is 1. The third-order valence-electron chi connectivity index (χ3n) is 5.40. The highest BCUT2D eigenvalue weighted by atomic mass is 35.5. The number of hydrogen-bond acceptors (Lipinski definition) is 4. The first-order chi connectivity index (χ1) is 12.7. The molecule has 0 amide bonds. The second kappa shape index (κ2) is 6.23. The van der Waals surface area contributed by atoms with Crippen LogP contribution in [-0.2, 0) is 4.65 Å². The van der Waals surface area contributed by atoms with Gasteiger partial charge in [0.05, 0.1) is 16.7 Å². The molecule has 2 aromatic heterocycles. The lowest BCUT2D eigenvalue weighted by Gasteiger charge is -2.37. The first kappa shape index (κ1) is 18.3. The first-order valence-corrected chi connectivity index (χ1v) is 9.29. The van der Waals surface area contributed by atoms with Gasteiger partial charge in [-0.15, -0.1) is 0 Å². The van der Waals surface area contributed by atoms with E-state index in [2.05, 4.69) is 11.1 Å². The largest absolute Gasteiger partial charge is 0.456 e. The zero-order valence-electron chi connectivity index (χ0n) is 15.8. The van der Waals surface area contributed by atoms with E-state index in [1.807, 2.05) is 44.2 Å². The minimum atomic E-state index is -0.981. The molecule has 4 aromatic rings. The van der Waals surface area contributed by atoms with E-state index in [9.17, 15) is 5.11 Å². The lowest BCUT2D eigenvalue weighted by molar-refractivity contribution is -0.0893. The second-order valence-corrected chi connectivity index (χ2v) is 8.38. The quantitative estimate of drug-likeness (QED) is 0.535. The lowest BCUT2D eigenvalue weighted by atomic mass is 9.80. The Hall–Kier alpha value is -2.08. The third-order valence-corrected chi connectivity index (χ3v) is 5.62. The van der Waals surface area contributed by atoms with Crippen LogP contribution in [0.2, 0.25) is 5.02 Å². The van der Waals surface area contributed by atoms with Crippen molar-refractivity contribution in [2.45, 2.75) is 38.9 Å². The molecule has 0 saturated heterocycles. The van der Waals surface area contributed by atoms with Gasteiger partial charge in [-0.2, -0.15) is 0 Å². The maximum absolute atomic E-state index is 10.4. The van der Waals surface area contributed by atoms with Crippen molar-refractivity contribution >= 4 is 57.4 Å². The molecule has 0 aliphatic heterocycles. The van der Waals surface area contributed by atoms with Crippen LogP contribution in [0.15, 0.2) is 47.0 Å². The molecular weight excluding hydrogens is 361 g/mol. The molecular formula is C21H21BClNO3. The zero-order chi connectivity index (χ0) is 19.4. The summed E-state index contributed by atoms with van der Waals surface area (Å²) in [6, 6.07) is 11.7. The highest BCUT2D eigenvalue weighted by Crippen LogP contribution is 2.32. The van der Waals surface area contributed by atoms with Gasteiger partial charge in [0.1, 0.15) is 11.2 Å². The number of aliphatic hydroxyl groups is 1. The molecule has 0 aliphatic rings. The SMILES string of the molecule is CC(C)(O)C(C)(C)OBc1cc(Cl)cc2oc3cc4ncccc4cc3c12. The van der Waals surface area contributed by atoms with Crippen molar-refractivity contribution in [1.29, 1.82) is 0 Å².